The van der Waals surface area contributed by atoms with Crippen LogP contribution >= 0.6 is 0 Å². The molecule has 0 bridgehead atoms. The van der Waals surface area contributed by atoms with Crippen molar-refractivity contribution < 1.29 is 19.4 Å². The Hall–Kier alpha value is -2.93. The molecule has 1 amide bonds. The molecule has 1 aromatic carbocycles. The van der Waals surface area contributed by atoms with E-state index in [0.29, 0.717) is 0 Å². The van der Waals surface area contributed by atoms with Crippen LogP contribution in [-0.2, 0) is 22.4 Å². The van der Waals surface area contributed by atoms with Gasteiger partial charge in [-0.05, 0) is 38.3 Å². The molecule has 2 N–H and O–H groups in total. The minimum atomic E-state index is -1.15. The van der Waals surface area contributed by atoms with Crippen LogP contribution in [0.2, 0.25) is 0 Å². The summed E-state index contributed by atoms with van der Waals surface area (Å²) in [5, 5.41) is 16.3. The summed E-state index contributed by atoms with van der Waals surface area (Å²) >= 11 is 0. The smallest absolute Gasteiger partial charge is 0.328 e. The minimum Gasteiger partial charge on any atom is -0.480 e. The van der Waals surface area contributed by atoms with Crippen LogP contribution in [0.25, 0.3) is 5.69 Å². The summed E-state index contributed by atoms with van der Waals surface area (Å²) in [6.45, 7) is 5.61. The Balaban J connectivity index is 1.84. The molecule has 27 heavy (non-hydrogen) atoms. The largest absolute Gasteiger partial charge is 0.480 e. The quantitative estimate of drug-likeness (QED) is 0.549. The fourth-order valence-corrected chi connectivity index (χ4v) is 3.19. The van der Waals surface area contributed by atoms with E-state index in [1.165, 1.54) is 6.08 Å². The molecule has 1 aromatic heterocycles. The van der Waals surface area contributed by atoms with E-state index in [1.54, 1.807) is 4.68 Å². The number of ether oxygens (including phenoxy) is 1. The molecule has 3 rings (SSSR count). The second-order valence-corrected chi connectivity index (χ2v) is 6.57. The Bertz CT molecular complexity index is 855. The van der Waals surface area contributed by atoms with Crippen molar-refractivity contribution >= 4 is 11.9 Å². The number of fused-ring (bicyclic) bond motifs is 1. The summed E-state index contributed by atoms with van der Waals surface area (Å²) in [6, 6.07) is 6.78. The van der Waals surface area contributed by atoms with E-state index in [9.17, 15) is 14.7 Å². The number of rotatable bonds is 8. The number of benzene rings is 1. The number of carboxylic acids is 1. The molecule has 7 nitrogen and oxygen atoms in total. The molecule has 0 aliphatic heterocycles. The lowest BCUT2D eigenvalue weighted by Gasteiger charge is -2.13. The van der Waals surface area contributed by atoms with Crippen molar-refractivity contribution in [2.75, 3.05) is 13.2 Å². The average molecular weight is 369 g/mol. The zero-order valence-electron chi connectivity index (χ0n) is 15.3. The maximum absolute atomic E-state index is 12.7. The predicted molar refractivity (Wildman–Crippen MR) is 100 cm³/mol. The van der Waals surface area contributed by atoms with Crippen LogP contribution in [0.15, 0.2) is 36.9 Å². The summed E-state index contributed by atoms with van der Waals surface area (Å²) in [4.78, 5) is 24.1. The highest BCUT2D eigenvalue weighted by molar-refractivity contribution is 5.96. The molecule has 1 aliphatic carbocycles. The third-order valence-electron chi connectivity index (χ3n) is 4.55. The average Bonchev–Trinajstić information content (AvgIpc) is 3.24. The van der Waals surface area contributed by atoms with Crippen LogP contribution in [0, 0.1) is 6.92 Å². The Morgan fingerprint density at radius 3 is 2.78 bits per heavy atom. The third kappa shape index (κ3) is 4.09. The first-order chi connectivity index (χ1) is 13.0. The molecule has 1 aliphatic rings. The van der Waals surface area contributed by atoms with Gasteiger partial charge in [-0.25, -0.2) is 9.48 Å². The van der Waals surface area contributed by atoms with Gasteiger partial charge in [-0.15, -0.1) is 6.58 Å². The van der Waals surface area contributed by atoms with Crippen molar-refractivity contribution in [3.63, 3.8) is 0 Å². The van der Waals surface area contributed by atoms with Crippen LogP contribution in [0.1, 0.15) is 33.7 Å². The third-order valence-corrected chi connectivity index (χ3v) is 4.55. The second kappa shape index (κ2) is 8.18. The number of carbonyl (C=O) groups is 2. The maximum atomic E-state index is 12.7. The Morgan fingerprint density at radius 2 is 2.11 bits per heavy atom. The monoisotopic (exact) mass is 369 g/mol. The van der Waals surface area contributed by atoms with Gasteiger partial charge in [-0.3, -0.25) is 4.79 Å². The molecule has 0 saturated heterocycles. The normalized spacial score (nSPS) is 13.8. The topological polar surface area (TPSA) is 93.5 Å². The molecular weight excluding hydrogens is 346 g/mol. The first-order valence-corrected chi connectivity index (χ1v) is 8.91. The van der Waals surface area contributed by atoms with Gasteiger partial charge in [-0.1, -0.05) is 23.8 Å². The number of carbonyl (C=O) groups excluding carboxylic acids is 1. The van der Waals surface area contributed by atoms with Crippen LogP contribution in [0.5, 0.6) is 0 Å². The van der Waals surface area contributed by atoms with Gasteiger partial charge in [0.15, 0.2) is 11.7 Å². The van der Waals surface area contributed by atoms with Crippen LogP contribution in [0.4, 0.5) is 0 Å². The van der Waals surface area contributed by atoms with Crippen molar-refractivity contribution in [1.82, 2.24) is 15.1 Å². The van der Waals surface area contributed by atoms with Gasteiger partial charge in [-0.2, -0.15) is 5.10 Å². The molecule has 1 unspecified atom stereocenters. The van der Waals surface area contributed by atoms with Gasteiger partial charge < -0.3 is 15.2 Å². The van der Waals surface area contributed by atoms with Gasteiger partial charge in [0.25, 0.3) is 5.91 Å². The van der Waals surface area contributed by atoms with Crippen molar-refractivity contribution in [2.45, 2.75) is 32.2 Å². The first-order valence-electron chi connectivity index (χ1n) is 8.91. The zero-order chi connectivity index (χ0) is 19.4. The van der Waals surface area contributed by atoms with E-state index < -0.39 is 17.9 Å². The summed E-state index contributed by atoms with van der Waals surface area (Å²) in [5.74, 6) is -1.64. The summed E-state index contributed by atoms with van der Waals surface area (Å²) in [7, 11) is 0. The highest BCUT2D eigenvalue weighted by Crippen LogP contribution is 2.28. The fourth-order valence-electron chi connectivity index (χ4n) is 3.19. The second-order valence-electron chi connectivity index (χ2n) is 6.57. The van der Waals surface area contributed by atoms with Crippen molar-refractivity contribution in [3.05, 3.63) is 59.4 Å². The number of hydrogen-bond donors (Lipinski definition) is 2. The van der Waals surface area contributed by atoms with Crippen LogP contribution in [-0.4, -0.2) is 46.0 Å². The van der Waals surface area contributed by atoms with Crippen LogP contribution in [0.3, 0.4) is 0 Å². The Labute approximate surface area is 157 Å². The summed E-state index contributed by atoms with van der Waals surface area (Å²) in [5.41, 5.74) is 4.23. The minimum absolute atomic E-state index is 0.131. The van der Waals surface area contributed by atoms with Gasteiger partial charge in [0.1, 0.15) is 0 Å². The Kier molecular flexibility index (Phi) is 5.71. The highest BCUT2D eigenvalue weighted by Gasteiger charge is 2.29. The number of nitrogens with zero attached hydrogens (tertiary/aromatic N) is 2. The molecule has 142 valence electrons. The standard InChI is InChI=1S/C20H23N3O4/c1-3-11-27-12-16(20(25)26)21-19(24)18-15-5-4-6-17(15)23(22-18)14-9-7-13(2)8-10-14/h3,7-10,16H,1,4-6,11-12H2,2H3,(H,21,24)(H,25,26). The molecule has 0 spiro atoms. The number of aryl methyl sites for hydroxylation is 1. The SMILES string of the molecule is C=CCOCC(NC(=O)c1nn(-c2ccc(C)cc2)c2c1CCC2)C(=O)O. The van der Waals surface area contributed by atoms with E-state index >= 15 is 0 Å². The van der Waals surface area contributed by atoms with Crippen LogP contribution < -0.4 is 5.32 Å². The molecule has 1 heterocycles. The highest BCUT2D eigenvalue weighted by atomic mass is 16.5. The summed E-state index contributed by atoms with van der Waals surface area (Å²) in [6.07, 6.45) is 4.07. The van der Waals surface area contributed by atoms with Gasteiger partial charge in [0.05, 0.1) is 18.9 Å². The van der Waals surface area contributed by atoms with Crippen molar-refractivity contribution in [2.24, 2.45) is 0 Å². The van der Waals surface area contributed by atoms with E-state index in [-0.39, 0.29) is 18.9 Å². The van der Waals surface area contributed by atoms with E-state index in [2.05, 4.69) is 17.0 Å². The number of hydrogen-bond acceptors (Lipinski definition) is 4. The van der Waals surface area contributed by atoms with E-state index in [4.69, 9.17) is 4.74 Å². The molecular formula is C20H23N3O4. The lowest BCUT2D eigenvalue weighted by atomic mass is 10.2. The van der Waals surface area contributed by atoms with Gasteiger partial charge in [0.2, 0.25) is 0 Å². The lowest BCUT2D eigenvalue weighted by Crippen LogP contribution is -2.44. The first kappa shape index (κ1) is 18.8. The number of aliphatic carboxylic acids is 1. The fraction of sp³-hybridized carbons (Fsp3) is 0.350. The molecule has 0 saturated carbocycles. The number of nitrogens with one attached hydrogen (secondary N) is 1. The summed E-state index contributed by atoms with van der Waals surface area (Å²) < 4.78 is 6.97. The number of aromatic nitrogens is 2. The van der Waals surface area contributed by atoms with E-state index in [1.807, 2.05) is 31.2 Å². The van der Waals surface area contributed by atoms with Gasteiger partial charge in [0, 0.05) is 11.3 Å². The molecule has 0 fully saturated rings. The predicted octanol–water partition coefficient (Wildman–Crippen LogP) is 2.06. The maximum Gasteiger partial charge on any atom is 0.328 e. The Morgan fingerprint density at radius 1 is 1.37 bits per heavy atom. The molecule has 7 heteroatoms. The molecule has 1 atom stereocenters. The molecule has 2 aromatic rings. The van der Waals surface area contributed by atoms with E-state index in [0.717, 1.165) is 41.8 Å². The lowest BCUT2D eigenvalue weighted by molar-refractivity contribution is -0.140. The number of carboxylic acid groups (broad SMARTS) is 1. The van der Waals surface area contributed by atoms with Crippen molar-refractivity contribution in [3.8, 4) is 5.69 Å². The number of amides is 1. The van der Waals surface area contributed by atoms with Gasteiger partial charge >= 0.3 is 5.97 Å². The zero-order valence-corrected chi connectivity index (χ0v) is 15.3. The van der Waals surface area contributed by atoms with Crippen molar-refractivity contribution in [1.29, 1.82) is 0 Å². The molecule has 0 radical (unpaired) electrons.